The Morgan fingerprint density at radius 3 is 1.78 bits per heavy atom. The molecule has 0 saturated carbocycles. The fourth-order valence-electron chi connectivity index (χ4n) is 5.80. The number of aryl methyl sites for hydroxylation is 1. The molecular weight excluding hydrogens is 1010 g/mol. The van der Waals surface area contributed by atoms with Crippen molar-refractivity contribution in [2.75, 3.05) is 18.6 Å². The second kappa shape index (κ2) is 25.3. The summed E-state index contributed by atoms with van der Waals surface area (Å²) in [5.74, 6) is -3.90. The number of hydrogen-bond donors (Lipinski definition) is 2. The number of unbranched alkanes of at least 4 members (excludes halogenated alkanes) is 1. The summed E-state index contributed by atoms with van der Waals surface area (Å²) in [5.41, 5.74) is 6.13. The number of hydrogen-bond acceptors (Lipinski definition) is 12. The van der Waals surface area contributed by atoms with E-state index in [1.807, 2.05) is 97.9 Å². The van der Waals surface area contributed by atoms with Gasteiger partial charge in [-0.15, -0.1) is 76.9 Å². The molecule has 333 valence electrons. The van der Waals surface area contributed by atoms with Crippen molar-refractivity contribution < 1.29 is 57.3 Å². The van der Waals surface area contributed by atoms with Crippen LogP contribution in [-0.4, -0.2) is 87.6 Å². The Hall–Kier alpha value is -6.81. The predicted octanol–water partition coefficient (Wildman–Crippen LogP) is 5.58. The van der Waals surface area contributed by atoms with Gasteiger partial charge in [0.1, 0.15) is 15.9 Å². The monoisotopic (exact) mass is 1060 g/mol. The molecule has 2 aromatic carbocycles. The average molecular weight is 1060 g/mol. The van der Waals surface area contributed by atoms with Gasteiger partial charge in [-0.05, 0) is 73.1 Å². The van der Waals surface area contributed by atoms with Crippen molar-refractivity contribution in [3.05, 3.63) is 157 Å². The predicted molar refractivity (Wildman–Crippen MR) is 234 cm³/mol. The minimum atomic E-state index is -3.64. The van der Waals surface area contributed by atoms with Gasteiger partial charge in [-0.25, -0.2) is 13.2 Å². The molecule has 64 heavy (non-hydrogen) atoms. The maximum absolute atomic E-state index is 12.9. The first kappa shape index (κ1) is 49.8. The minimum Gasteiger partial charge on any atom is -0.354 e. The summed E-state index contributed by atoms with van der Waals surface area (Å²) in [7, 11) is -3.64. The van der Waals surface area contributed by atoms with Gasteiger partial charge in [0.15, 0.2) is 0 Å². The smallest absolute Gasteiger partial charge is 0.333 e. The van der Waals surface area contributed by atoms with Crippen molar-refractivity contribution in [3.63, 3.8) is 0 Å². The molecule has 1 fully saturated rings. The molecule has 5 heterocycles. The molecule has 1 unspecified atom stereocenters. The third-order valence-electron chi connectivity index (χ3n) is 8.90. The number of hydroxylamine groups is 2. The fraction of sp³-hybridized carbons (Fsp3) is 0.213. The molecule has 15 nitrogen and oxygen atoms in total. The summed E-state index contributed by atoms with van der Waals surface area (Å²) < 4.78 is 23.8. The van der Waals surface area contributed by atoms with Crippen molar-refractivity contribution >= 4 is 39.4 Å². The summed E-state index contributed by atoms with van der Waals surface area (Å²) in [5, 5.41) is 5.49. The maximum Gasteiger partial charge on any atom is 0.333 e. The number of rotatable bonds is 14. The van der Waals surface area contributed by atoms with E-state index >= 15 is 0 Å². The summed E-state index contributed by atoms with van der Waals surface area (Å²) in [6.07, 6.45) is 8.04. The Morgan fingerprint density at radius 2 is 1.27 bits per heavy atom. The molecule has 1 aliphatic heterocycles. The van der Waals surface area contributed by atoms with Crippen LogP contribution in [0.3, 0.4) is 0 Å². The summed E-state index contributed by atoms with van der Waals surface area (Å²) >= 11 is 0. The molecule has 6 aromatic rings. The SMILES string of the molecule is Cc1ccnc(-c2cc(C(=O)NC(CS(C)(=O)=O)C(=O)NCCCCC(=O)ON3C(=O)CCC3=O)ccn2)c1.[Ir].[c-]1ccccc1-c1ccccn1.[c-]1ccccc1-c1ccccn1. The zero-order valence-electron chi connectivity index (χ0n) is 35.0. The van der Waals surface area contributed by atoms with Crippen LogP contribution < -0.4 is 10.6 Å². The van der Waals surface area contributed by atoms with Crippen LogP contribution in [0.25, 0.3) is 33.9 Å². The number of pyridine rings is 4. The number of nitrogens with zero attached hydrogens (tertiary/aromatic N) is 5. The quantitative estimate of drug-likeness (QED) is 0.0779. The Morgan fingerprint density at radius 1 is 0.719 bits per heavy atom. The van der Waals surface area contributed by atoms with Gasteiger partial charge in [0, 0.05) is 82.5 Å². The number of imide groups is 1. The zero-order chi connectivity index (χ0) is 45.0. The number of carbonyl (C=O) groups excluding carboxylic acids is 5. The van der Waals surface area contributed by atoms with Gasteiger partial charge in [0.05, 0.1) is 17.1 Å². The molecule has 1 atom stereocenters. The van der Waals surface area contributed by atoms with Crippen LogP contribution in [0.5, 0.6) is 0 Å². The normalized spacial score (nSPS) is 12.2. The molecule has 0 aliphatic carbocycles. The standard InChI is InChI=1S/C25H29N5O8S.2C11H8N.Ir/c1-16-8-11-26-18(13-16)19-14-17(9-12-27-19)24(34)29-20(15-39(2,36)37)25(35)28-10-4-3-5-23(33)38-30-21(31)6-7-22(30)32;2*1-2-6-10(7-3-1)11-8-4-5-9-12-11;/h8-9,11-14,20H,3-7,10,15H2,1-2H3,(H,28,35)(H,29,34);2*1-6,8-9H;/q;2*-1;. The molecule has 2 N–H and O–H groups in total. The number of benzene rings is 2. The first-order valence-corrected chi connectivity index (χ1v) is 21.9. The molecule has 1 aliphatic rings. The molecular formula is C47H45IrN7O8S-2. The van der Waals surface area contributed by atoms with E-state index in [1.54, 1.807) is 24.7 Å². The number of carbonyl (C=O) groups is 5. The zero-order valence-corrected chi connectivity index (χ0v) is 38.2. The molecule has 1 radical (unpaired) electrons. The molecule has 4 aromatic heterocycles. The van der Waals surface area contributed by atoms with E-state index in [4.69, 9.17) is 4.84 Å². The van der Waals surface area contributed by atoms with Crippen LogP contribution in [0.15, 0.2) is 134 Å². The molecule has 4 amide bonds. The number of sulfone groups is 1. The number of aromatic nitrogens is 4. The Labute approximate surface area is 385 Å². The van der Waals surface area contributed by atoms with Crippen LogP contribution in [0.4, 0.5) is 0 Å². The molecule has 1 saturated heterocycles. The fourth-order valence-corrected chi connectivity index (χ4v) is 6.64. The Balaban J connectivity index is 0.000000287. The summed E-state index contributed by atoms with van der Waals surface area (Å²) in [4.78, 5) is 82.2. The van der Waals surface area contributed by atoms with Crippen molar-refractivity contribution in [1.82, 2.24) is 35.6 Å². The Kier molecular flexibility index (Phi) is 19.7. The van der Waals surface area contributed by atoms with Crippen LogP contribution in [0.1, 0.15) is 48.0 Å². The van der Waals surface area contributed by atoms with E-state index in [0.717, 1.165) is 34.3 Å². The topological polar surface area (TPSA) is 208 Å². The minimum absolute atomic E-state index is 0. The summed E-state index contributed by atoms with van der Waals surface area (Å²) in [6.45, 7) is 1.98. The first-order chi connectivity index (χ1) is 30.4. The van der Waals surface area contributed by atoms with Gasteiger partial charge in [-0.2, -0.15) is 0 Å². The molecule has 7 rings (SSSR count). The Bertz CT molecular complexity index is 2410. The maximum atomic E-state index is 12.9. The van der Waals surface area contributed by atoms with Crippen molar-refractivity contribution in [3.8, 4) is 33.9 Å². The van der Waals surface area contributed by atoms with E-state index in [2.05, 4.69) is 42.7 Å². The van der Waals surface area contributed by atoms with Crippen molar-refractivity contribution in [2.45, 2.75) is 45.1 Å². The molecule has 0 bridgehead atoms. The number of amides is 4. The second-order valence-corrected chi connectivity index (χ2v) is 16.2. The second-order valence-electron chi connectivity index (χ2n) is 14.0. The van der Waals surface area contributed by atoms with Gasteiger partial charge < -0.3 is 25.4 Å². The average Bonchev–Trinajstić information content (AvgIpc) is 3.62. The van der Waals surface area contributed by atoms with Crippen LogP contribution >= 0.6 is 0 Å². The van der Waals surface area contributed by atoms with Crippen LogP contribution in [0, 0.1) is 19.1 Å². The van der Waals surface area contributed by atoms with Gasteiger partial charge in [0.2, 0.25) is 5.91 Å². The van der Waals surface area contributed by atoms with Crippen LogP contribution in [-0.2, 0) is 54.0 Å². The van der Waals surface area contributed by atoms with E-state index in [-0.39, 0.29) is 57.9 Å². The molecule has 17 heteroatoms. The van der Waals surface area contributed by atoms with Crippen molar-refractivity contribution in [1.29, 1.82) is 0 Å². The summed E-state index contributed by atoms with van der Waals surface area (Å²) in [6, 6.07) is 38.8. The first-order valence-electron chi connectivity index (χ1n) is 19.8. The van der Waals surface area contributed by atoms with Gasteiger partial charge >= 0.3 is 5.97 Å². The van der Waals surface area contributed by atoms with Gasteiger partial charge in [0.25, 0.3) is 17.7 Å². The van der Waals surface area contributed by atoms with E-state index < -0.39 is 51.2 Å². The number of nitrogens with one attached hydrogen (secondary N) is 2. The van der Waals surface area contributed by atoms with Gasteiger partial charge in [-0.1, -0.05) is 24.3 Å². The van der Waals surface area contributed by atoms with Gasteiger partial charge in [-0.3, -0.25) is 29.1 Å². The third-order valence-corrected chi connectivity index (χ3v) is 9.84. The van der Waals surface area contributed by atoms with E-state index in [1.165, 1.54) is 18.3 Å². The van der Waals surface area contributed by atoms with Crippen molar-refractivity contribution in [2.24, 2.45) is 0 Å². The third kappa shape index (κ3) is 16.5. The largest absolute Gasteiger partial charge is 0.354 e. The van der Waals surface area contributed by atoms with E-state index in [0.29, 0.717) is 22.9 Å². The molecule has 0 spiro atoms. The van der Waals surface area contributed by atoms with Crippen LogP contribution in [0.2, 0.25) is 0 Å². The van der Waals surface area contributed by atoms with E-state index in [9.17, 15) is 32.4 Å².